The van der Waals surface area contributed by atoms with Gasteiger partial charge in [-0.3, -0.25) is 0 Å². The first-order valence-corrected chi connectivity index (χ1v) is 6.14. The summed E-state index contributed by atoms with van der Waals surface area (Å²) in [6, 6.07) is 0. The van der Waals surface area contributed by atoms with Crippen LogP contribution in [0.4, 0.5) is 0 Å². The number of imidazole rings is 1. The highest BCUT2D eigenvalue weighted by atomic mass is 16.7. The number of ether oxygens (including phenoxy) is 2. The third kappa shape index (κ3) is 1.99. The van der Waals surface area contributed by atoms with Gasteiger partial charge in [0.15, 0.2) is 5.79 Å². The average molecular weight is 222 g/mol. The third-order valence-corrected chi connectivity index (χ3v) is 3.50. The Balaban J connectivity index is 1.60. The molecule has 1 aromatic rings. The van der Waals surface area contributed by atoms with Crippen molar-refractivity contribution in [3.05, 3.63) is 18.7 Å². The number of hydrogen-bond donors (Lipinski definition) is 0. The number of aromatic nitrogens is 2. The van der Waals surface area contributed by atoms with E-state index in [-0.39, 0.29) is 11.9 Å². The van der Waals surface area contributed by atoms with Crippen molar-refractivity contribution in [1.82, 2.24) is 9.55 Å². The Bertz CT molecular complexity index is 331. The number of hydrogen-bond acceptors (Lipinski definition) is 3. The fraction of sp³-hybridized carbons (Fsp3) is 0.750. The summed E-state index contributed by atoms with van der Waals surface area (Å²) >= 11 is 0. The quantitative estimate of drug-likeness (QED) is 0.767. The van der Waals surface area contributed by atoms with E-state index < -0.39 is 0 Å². The first-order valence-electron chi connectivity index (χ1n) is 6.14. The van der Waals surface area contributed by atoms with E-state index in [0.717, 1.165) is 26.0 Å². The molecule has 0 bridgehead atoms. The number of nitrogens with zero attached hydrogens (tertiary/aromatic N) is 2. The lowest BCUT2D eigenvalue weighted by Crippen LogP contribution is -2.33. The van der Waals surface area contributed by atoms with Crippen LogP contribution in [0, 0.1) is 0 Å². The van der Waals surface area contributed by atoms with Crippen LogP contribution in [0.2, 0.25) is 0 Å². The molecule has 0 radical (unpaired) electrons. The van der Waals surface area contributed by atoms with Crippen LogP contribution >= 0.6 is 0 Å². The van der Waals surface area contributed by atoms with Gasteiger partial charge in [-0.05, 0) is 12.8 Å². The summed E-state index contributed by atoms with van der Waals surface area (Å²) in [6.45, 7) is 1.57. The first-order chi connectivity index (χ1) is 7.86. The summed E-state index contributed by atoms with van der Waals surface area (Å²) in [5, 5.41) is 0. The van der Waals surface area contributed by atoms with Gasteiger partial charge in [0.05, 0.1) is 19.5 Å². The van der Waals surface area contributed by atoms with Crippen molar-refractivity contribution in [2.24, 2.45) is 0 Å². The van der Waals surface area contributed by atoms with Gasteiger partial charge < -0.3 is 14.0 Å². The summed E-state index contributed by atoms with van der Waals surface area (Å²) in [6.07, 6.45) is 11.7. The first kappa shape index (κ1) is 10.3. The standard InChI is InChI=1S/C12H18N2O2/c1-2-4-12(5-3-1)15-9-11(16-12)8-14-7-6-13-10-14/h6-7,10-11H,1-5,8-9H2. The van der Waals surface area contributed by atoms with Gasteiger partial charge in [-0.15, -0.1) is 0 Å². The molecule has 1 aliphatic carbocycles. The maximum absolute atomic E-state index is 6.09. The van der Waals surface area contributed by atoms with Crippen LogP contribution in [0.1, 0.15) is 32.1 Å². The van der Waals surface area contributed by atoms with E-state index in [9.17, 15) is 0 Å². The van der Waals surface area contributed by atoms with Gasteiger partial charge in [0.2, 0.25) is 0 Å². The minimum absolute atomic E-state index is 0.187. The van der Waals surface area contributed by atoms with Gasteiger partial charge in [-0.2, -0.15) is 0 Å². The fourth-order valence-corrected chi connectivity index (χ4v) is 2.69. The second kappa shape index (κ2) is 4.18. The van der Waals surface area contributed by atoms with E-state index in [4.69, 9.17) is 9.47 Å². The van der Waals surface area contributed by atoms with Crippen LogP contribution in [0.3, 0.4) is 0 Å². The second-order valence-corrected chi connectivity index (χ2v) is 4.78. The van der Waals surface area contributed by atoms with Crippen LogP contribution in [-0.4, -0.2) is 28.0 Å². The second-order valence-electron chi connectivity index (χ2n) is 4.78. The van der Waals surface area contributed by atoms with Crippen LogP contribution in [0.25, 0.3) is 0 Å². The largest absolute Gasteiger partial charge is 0.347 e. The average Bonchev–Trinajstić information content (AvgIpc) is 2.92. The highest BCUT2D eigenvalue weighted by Crippen LogP contribution is 2.37. The molecule has 1 unspecified atom stereocenters. The monoisotopic (exact) mass is 222 g/mol. The summed E-state index contributed by atoms with van der Waals surface area (Å²) in [4.78, 5) is 4.03. The zero-order valence-electron chi connectivity index (χ0n) is 9.47. The van der Waals surface area contributed by atoms with Crippen LogP contribution in [0.5, 0.6) is 0 Å². The molecule has 2 fully saturated rings. The predicted molar refractivity (Wildman–Crippen MR) is 58.9 cm³/mol. The van der Waals surface area contributed by atoms with E-state index in [2.05, 4.69) is 9.55 Å². The molecule has 16 heavy (non-hydrogen) atoms. The predicted octanol–water partition coefficient (Wildman–Crippen LogP) is 1.96. The number of rotatable bonds is 2. The molecule has 3 rings (SSSR count). The third-order valence-electron chi connectivity index (χ3n) is 3.50. The Kier molecular flexibility index (Phi) is 2.69. The van der Waals surface area contributed by atoms with Gasteiger partial charge in [0.25, 0.3) is 0 Å². The Labute approximate surface area is 95.6 Å². The Morgan fingerprint density at radius 2 is 2.19 bits per heavy atom. The van der Waals surface area contributed by atoms with Crippen molar-refractivity contribution in [3.63, 3.8) is 0 Å². The smallest absolute Gasteiger partial charge is 0.168 e. The fourth-order valence-electron chi connectivity index (χ4n) is 2.69. The topological polar surface area (TPSA) is 36.3 Å². The molecular formula is C12H18N2O2. The molecule has 1 aromatic heterocycles. The van der Waals surface area contributed by atoms with Crippen LogP contribution < -0.4 is 0 Å². The highest BCUT2D eigenvalue weighted by molar-refractivity contribution is 4.84. The molecule has 4 heteroatoms. The molecule has 1 spiro atoms. The molecule has 1 aliphatic heterocycles. The van der Waals surface area contributed by atoms with E-state index in [1.54, 1.807) is 6.20 Å². The van der Waals surface area contributed by atoms with Gasteiger partial charge in [0.1, 0.15) is 6.10 Å². The lowest BCUT2D eigenvalue weighted by atomic mass is 9.94. The molecule has 1 saturated heterocycles. The summed E-state index contributed by atoms with van der Waals surface area (Å²) < 4.78 is 14.0. The van der Waals surface area contributed by atoms with E-state index in [1.807, 2.05) is 12.5 Å². The molecule has 2 aliphatic rings. The summed E-state index contributed by atoms with van der Waals surface area (Å²) in [5.41, 5.74) is 0. The zero-order valence-corrected chi connectivity index (χ0v) is 9.47. The molecule has 1 saturated carbocycles. The van der Waals surface area contributed by atoms with Gasteiger partial charge in [0, 0.05) is 25.2 Å². The molecule has 4 nitrogen and oxygen atoms in total. The Hall–Kier alpha value is -0.870. The summed E-state index contributed by atoms with van der Waals surface area (Å²) in [7, 11) is 0. The molecule has 0 N–H and O–H groups in total. The van der Waals surface area contributed by atoms with Crippen molar-refractivity contribution in [2.75, 3.05) is 6.61 Å². The van der Waals surface area contributed by atoms with Crippen LogP contribution in [-0.2, 0) is 16.0 Å². The van der Waals surface area contributed by atoms with E-state index in [1.165, 1.54) is 19.3 Å². The van der Waals surface area contributed by atoms with Gasteiger partial charge >= 0.3 is 0 Å². The lowest BCUT2D eigenvalue weighted by molar-refractivity contribution is -0.188. The normalized spacial score (nSPS) is 28.6. The van der Waals surface area contributed by atoms with Crippen molar-refractivity contribution < 1.29 is 9.47 Å². The van der Waals surface area contributed by atoms with Gasteiger partial charge in [-0.1, -0.05) is 6.42 Å². The highest BCUT2D eigenvalue weighted by Gasteiger charge is 2.42. The van der Waals surface area contributed by atoms with E-state index in [0.29, 0.717) is 0 Å². The van der Waals surface area contributed by atoms with Crippen molar-refractivity contribution in [2.45, 2.75) is 50.5 Å². The molecule has 2 heterocycles. The Morgan fingerprint density at radius 3 is 2.94 bits per heavy atom. The molecule has 88 valence electrons. The van der Waals surface area contributed by atoms with Crippen LogP contribution in [0.15, 0.2) is 18.7 Å². The molecule has 0 amide bonds. The minimum Gasteiger partial charge on any atom is -0.347 e. The zero-order chi connectivity index (χ0) is 10.8. The molecule has 0 aromatic carbocycles. The molecule has 1 atom stereocenters. The lowest BCUT2D eigenvalue weighted by Gasteiger charge is -2.31. The van der Waals surface area contributed by atoms with Gasteiger partial charge in [-0.25, -0.2) is 4.98 Å². The maximum Gasteiger partial charge on any atom is 0.168 e. The van der Waals surface area contributed by atoms with Crippen molar-refractivity contribution in [3.8, 4) is 0 Å². The van der Waals surface area contributed by atoms with Crippen molar-refractivity contribution >= 4 is 0 Å². The van der Waals surface area contributed by atoms with Crippen molar-refractivity contribution in [1.29, 1.82) is 0 Å². The van der Waals surface area contributed by atoms with E-state index >= 15 is 0 Å². The molecular weight excluding hydrogens is 204 g/mol. The SMILES string of the molecule is c1cn(CC2COC3(CCCCC3)O2)cn1. The Morgan fingerprint density at radius 1 is 1.31 bits per heavy atom. The summed E-state index contributed by atoms with van der Waals surface area (Å²) in [5.74, 6) is -0.247. The minimum atomic E-state index is -0.247. The maximum atomic E-state index is 6.09.